The third-order valence-corrected chi connectivity index (χ3v) is 11.9. The number of hydrogen-bond donors (Lipinski definition) is 4. The summed E-state index contributed by atoms with van der Waals surface area (Å²) >= 11 is 0. The molecule has 9 nitrogen and oxygen atoms in total. The second-order valence-electron chi connectivity index (χ2n) is 14.7. The Hall–Kier alpha value is -3.64. The maximum atomic E-state index is 13.1. The van der Waals surface area contributed by atoms with Crippen molar-refractivity contribution < 1.29 is 29.4 Å². The summed E-state index contributed by atoms with van der Waals surface area (Å²) < 4.78 is 0. The molecule has 0 bridgehead atoms. The lowest BCUT2D eigenvalue weighted by Gasteiger charge is -2.58. The first-order valence-electron chi connectivity index (χ1n) is 16.8. The first-order chi connectivity index (χ1) is 21.8. The Morgan fingerprint density at radius 1 is 1.04 bits per heavy atom. The number of amides is 2. The van der Waals surface area contributed by atoms with Crippen molar-refractivity contribution in [2.45, 2.75) is 103 Å². The molecule has 8 atom stereocenters. The van der Waals surface area contributed by atoms with Crippen LogP contribution in [0.1, 0.15) is 84.6 Å². The Bertz CT molecular complexity index is 1430. The minimum atomic E-state index is -1.15. The molecular weight excluding hydrogens is 582 g/mol. The number of rotatable bonds is 10. The van der Waals surface area contributed by atoms with E-state index in [-0.39, 0.29) is 29.8 Å². The number of nitrogens with zero attached hydrogens (tertiary/aromatic N) is 1. The number of carbonyl (C=O) groups excluding carboxylic acids is 2. The van der Waals surface area contributed by atoms with Crippen LogP contribution < -0.4 is 10.6 Å². The standard InChI is InChI=1S/C37H49N3O6/c1-6-37(45)19-16-29-27-13-12-25-21-26(14-17-35(25,4)28(27)15-18-36(29,37)5)40-46-22-31(41)39-32(23(2)3)33(42)38-30(34(43)44)20-24-10-8-7-9-11-24/h1,7-11,21,23,27-30,32,45H,12-20,22H2,2-5H3,(H,38,42)(H,39,41)(H,43,44)/b40-26+/t27-,28+,29+,30+,32-,35+,36+,37-/m1/s1. The Morgan fingerprint density at radius 3 is 2.43 bits per heavy atom. The molecule has 1 aromatic carbocycles. The van der Waals surface area contributed by atoms with E-state index in [9.17, 15) is 24.6 Å². The SMILES string of the molecule is C#C[C@@]1(O)CC[C@H]2[C@@H]3CCC4=C/C(=N/OCC(=O)N[C@@H](C(=O)N[C@@H](Cc5ccccc5)C(=O)O)C(C)C)CC[C@]4(C)[C@H]3CC[C@@]21C. The fourth-order valence-corrected chi connectivity index (χ4v) is 9.13. The topological polar surface area (TPSA) is 137 Å². The highest BCUT2D eigenvalue weighted by molar-refractivity contribution is 5.96. The van der Waals surface area contributed by atoms with E-state index in [0.717, 1.165) is 56.2 Å². The summed E-state index contributed by atoms with van der Waals surface area (Å²) in [6.07, 6.45) is 15.6. The molecule has 1 aromatic rings. The van der Waals surface area contributed by atoms with Crippen LogP contribution in [0.25, 0.3) is 0 Å². The molecule has 46 heavy (non-hydrogen) atoms. The zero-order valence-corrected chi connectivity index (χ0v) is 27.6. The summed E-state index contributed by atoms with van der Waals surface area (Å²) in [4.78, 5) is 43.2. The molecular formula is C37H49N3O6. The van der Waals surface area contributed by atoms with Gasteiger partial charge in [-0.3, -0.25) is 9.59 Å². The fraction of sp³-hybridized carbons (Fsp3) is 0.622. The molecule has 0 aromatic heterocycles. The van der Waals surface area contributed by atoms with Gasteiger partial charge in [-0.1, -0.05) is 74.7 Å². The average molecular weight is 632 g/mol. The summed E-state index contributed by atoms with van der Waals surface area (Å²) in [5.74, 6) is 1.81. The number of nitrogens with one attached hydrogen (secondary N) is 2. The Labute approximate surface area is 272 Å². The number of carbonyl (C=O) groups is 3. The number of fused-ring (bicyclic) bond motifs is 5. The van der Waals surface area contributed by atoms with E-state index in [0.29, 0.717) is 24.2 Å². The van der Waals surface area contributed by atoms with Gasteiger partial charge in [-0.2, -0.15) is 0 Å². The number of oxime groups is 1. The molecule has 0 saturated heterocycles. The minimum absolute atomic E-state index is 0.0731. The van der Waals surface area contributed by atoms with E-state index in [1.54, 1.807) is 26.0 Å². The number of carboxylic acids is 1. The van der Waals surface area contributed by atoms with E-state index in [1.807, 2.05) is 18.2 Å². The molecule has 4 aliphatic rings. The number of allylic oxidation sites excluding steroid dienone is 2. The molecule has 9 heteroatoms. The minimum Gasteiger partial charge on any atom is -0.480 e. The monoisotopic (exact) mass is 631 g/mol. The average Bonchev–Trinajstić information content (AvgIpc) is 3.30. The van der Waals surface area contributed by atoms with Crippen LogP contribution in [-0.2, 0) is 25.6 Å². The lowest BCUT2D eigenvalue weighted by atomic mass is 9.46. The second kappa shape index (κ2) is 13.2. The van der Waals surface area contributed by atoms with Crippen LogP contribution >= 0.6 is 0 Å². The molecule has 0 spiro atoms. The van der Waals surface area contributed by atoms with Gasteiger partial charge in [0.05, 0.1) is 5.71 Å². The number of carboxylic acid groups (broad SMARTS) is 1. The molecule has 0 radical (unpaired) electrons. The molecule has 5 rings (SSSR count). The van der Waals surface area contributed by atoms with Crippen LogP contribution in [0.2, 0.25) is 0 Å². The van der Waals surface area contributed by atoms with Gasteiger partial charge >= 0.3 is 5.97 Å². The smallest absolute Gasteiger partial charge is 0.326 e. The van der Waals surface area contributed by atoms with Gasteiger partial charge in [0.25, 0.3) is 5.91 Å². The first kappa shape index (κ1) is 33.7. The van der Waals surface area contributed by atoms with E-state index in [1.165, 1.54) is 5.57 Å². The molecule has 0 unspecified atom stereocenters. The molecule has 3 saturated carbocycles. The van der Waals surface area contributed by atoms with Gasteiger partial charge in [0, 0.05) is 11.8 Å². The molecule has 4 aliphatic carbocycles. The summed E-state index contributed by atoms with van der Waals surface area (Å²) in [5, 5.41) is 30.5. The largest absolute Gasteiger partial charge is 0.480 e. The highest BCUT2D eigenvalue weighted by Crippen LogP contribution is 2.67. The highest BCUT2D eigenvalue weighted by Gasteiger charge is 2.63. The van der Waals surface area contributed by atoms with Crippen LogP contribution in [0.5, 0.6) is 0 Å². The zero-order valence-electron chi connectivity index (χ0n) is 27.6. The molecule has 248 valence electrons. The van der Waals surface area contributed by atoms with Crippen LogP contribution in [0.4, 0.5) is 0 Å². The summed E-state index contributed by atoms with van der Waals surface area (Å²) in [7, 11) is 0. The number of hydrogen-bond acceptors (Lipinski definition) is 6. The van der Waals surface area contributed by atoms with Crippen molar-refractivity contribution in [3.8, 4) is 12.3 Å². The van der Waals surface area contributed by atoms with Gasteiger partial charge in [0.1, 0.15) is 17.7 Å². The van der Waals surface area contributed by atoms with Crippen LogP contribution in [0, 0.1) is 46.8 Å². The van der Waals surface area contributed by atoms with E-state index in [2.05, 4.69) is 41.6 Å². The maximum absolute atomic E-state index is 13.1. The molecule has 0 aliphatic heterocycles. The Kier molecular flexibility index (Phi) is 9.70. The van der Waals surface area contributed by atoms with Gasteiger partial charge in [0.15, 0.2) is 6.61 Å². The normalized spacial score (nSPS) is 33.8. The van der Waals surface area contributed by atoms with Crippen molar-refractivity contribution in [2.75, 3.05) is 6.61 Å². The van der Waals surface area contributed by atoms with Crippen molar-refractivity contribution in [2.24, 2.45) is 39.7 Å². The Morgan fingerprint density at radius 2 is 1.76 bits per heavy atom. The number of aliphatic carboxylic acids is 1. The third kappa shape index (κ3) is 6.33. The van der Waals surface area contributed by atoms with Crippen molar-refractivity contribution in [1.29, 1.82) is 0 Å². The van der Waals surface area contributed by atoms with Crippen molar-refractivity contribution >= 4 is 23.5 Å². The highest BCUT2D eigenvalue weighted by atomic mass is 16.6. The van der Waals surface area contributed by atoms with Gasteiger partial charge < -0.3 is 25.7 Å². The quantitative estimate of drug-likeness (QED) is 0.219. The number of aliphatic hydroxyl groups is 1. The molecule has 4 N–H and O–H groups in total. The van der Waals surface area contributed by atoms with Gasteiger partial charge in [-0.25, -0.2) is 4.79 Å². The van der Waals surface area contributed by atoms with E-state index >= 15 is 0 Å². The molecule has 0 heterocycles. The van der Waals surface area contributed by atoms with Gasteiger partial charge in [0.2, 0.25) is 5.91 Å². The van der Waals surface area contributed by atoms with E-state index < -0.39 is 35.5 Å². The van der Waals surface area contributed by atoms with Crippen molar-refractivity contribution in [3.63, 3.8) is 0 Å². The fourth-order valence-electron chi connectivity index (χ4n) is 9.13. The number of benzene rings is 1. The van der Waals surface area contributed by atoms with Gasteiger partial charge in [-0.15, -0.1) is 6.42 Å². The predicted molar refractivity (Wildman–Crippen MR) is 175 cm³/mol. The number of terminal acetylenes is 1. The Balaban J connectivity index is 1.16. The zero-order chi connectivity index (χ0) is 33.3. The van der Waals surface area contributed by atoms with Crippen molar-refractivity contribution in [1.82, 2.24) is 10.6 Å². The van der Waals surface area contributed by atoms with Crippen LogP contribution in [0.15, 0.2) is 47.1 Å². The van der Waals surface area contributed by atoms with Crippen LogP contribution in [0.3, 0.4) is 0 Å². The molecule has 3 fully saturated rings. The summed E-state index contributed by atoms with van der Waals surface area (Å²) in [6.45, 7) is 7.82. The lowest BCUT2D eigenvalue weighted by Crippen LogP contribution is -2.54. The van der Waals surface area contributed by atoms with Gasteiger partial charge in [-0.05, 0) is 92.1 Å². The van der Waals surface area contributed by atoms with Crippen LogP contribution in [-0.4, -0.2) is 58.0 Å². The maximum Gasteiger partial charge on any atom is 0.326 e. The summed E-state index contributed by atoms with van der Waals surface area (Å²) in [6, 6.07) is 7.02. The van der Waals surface area contributed by atoms with Crippen molar-refractivity contribution in [3.05, 3.63) is 47.5 Å². The summed E-state index contributed by atoms with van der Waals surface area (Å²) in [5.41, 5.74) is 1.84. The van der Waals surface area contributed by atoms with E-state index in [4.69, 9.17) is 11.3 Å². The third-order valence-electron chi connectivity index (χ3n) is 11.9. The predicted octanol–water partition coefficient (Wildman–Crippen LogP) is 4.64. The lowest BCUT2D eigenvalue weighted by molar-refractivity contribution is -0.142. The molecule has 2 amide bonds. The first-order valence-corrected chi connectivity index (χ1v) is 16.8. The second-order valence-corrected chi connectivity index (χ2v) is 14.7.